The molecule has 2 aromatic rings. The molecule has 0 saturated carbocycles. The third-order valence-electron chi connectivity index (χ3n) is 2.01. The van der Waals surface area contributed by atoms with Crippen LogP contribution in [0, 0.1) is 11.6 Å². The zero-order valence-electron chi connectivity index (χ0n) is 9.73. The van der Waals surface area contributed by atoms with Crippen molar-refractivity contribution < 1.29 is 8.78 Å². The van der Waals surface area contributed by atoms with Crippen molar-refractivity contribution in [2.24, 2.45) is 0 Å². The van der Waals surface area contributed by atoms with E-state index in [0.717, 1.165) is 6.07 Å². The van der Waals surface area contributed by atoms with Crippen LogP contribution in [0.5, 0.6) is 0 Å². The molecule has 0 radical (unpaired) electrons. The molecule has 2 rings (SSSR count). The lowest BCUT2D eigenvalue weighted by Crippen LogP contribution is -1.87. The first-order valence-corrected chi connectivity index (χ1v) is 6.95. The number of anilines is 2. The Bertz CT molecular complexity index is 537. The molecule has 0 heterocycles. The maximum atomic E-state index is 12.6. The first-order chi connectivity index (χ1) is 9.22. The minimum atomic E-state index is -0.591. The van der Waals surface area contributed by atoms with E-state index < -0.39 is 11.6 Å². The van der Waals surface area contributed by atoms with Gasteiger partial charge in [0, 0.05) is 15.8 Å². The Balaban J connectivity index is 0.000000200. The SMILES string of the molecule is Nc1cc(F)c(Cl)c(Br)c1.Nc1cc(F)c(Cl)c(Cl)c1. The summed E-state index contributed by atoms with van der Waals surface area (Å²) in [4.78, 5) is 0. The van der Waals surface area contributed by atoms with E-state index in [-0.39, 0.29) is 20.8 Å². The fourth-order valence-corrected chi connectivity index (χ4v) is 2.04. The highest BCUT2D eigenvalue weighted by Gasteiger charge is 2.04. The van der Waals surface area contributed by atoms with E-state index in [1.54, 1.807) is 6.07 Å². The van der Waals surface area contributed by atoms with Gasteiger partial charge in [0.15, 0.2) is 0 Å². The average Bonchev–Trinajstić information content (AvgIpc) is 2.33. The van der Waals surface area contributed by atoms with Crippen molar-refractivity contribution in [1.29, 1.82) is 0 Å². The molecular weight excluding hydrogens is 396 g/mol. The van der Waals surface area contributed by atoms with Crippen LogP contribution >= 0.6 is 50.7 Å². The van der Waals surface area contributed by atoms with Crippen molar-refractivity contribution >= 4 is 62.1 Å². The number of benzene rings is 2. The van der Waals surface area contributed by atoms with Crippen molar-refractivity contribution in [1.82, 2.24) is 0 Å². The molecular formula is C12H8BrCl3F2N2. The highest BCUT2D eigenvalue weighted by Crippen LogP contribution is 2.28. The molecule has 0 fully saturated rings. The molecule has 8 heteroatoms. The van der Waals surface area contributed by atoms with E-state index in [9.17, 15) is 8.78 Å². The van der Waals surface area contributed by atoms with Crippen molar-refractivity contribution in [2.45, 2.75) is 0 Å². The van der Waals surface area contributed by atoms with Gasteiger partial charge in [0.05, 0.1) is 15.1 Å². The number of hydrogen-bond acceptors (Lipinski definition) is 2. The van der Waals surface area contributed by atoms with Gasteiger partial charge in [0.1, 0.15) is 11.6 Å². The smallest absolute Gasteiger partial charge is 0.145 e. The summed E-state index contributed by atoms with van der Waals surface area (Å²) >= 11 is 19.4. The summed E-state index contributed by atoms with van der Waals surface area (Å²) in [5.41, 5.74) is 11.2. The van der Waals surface area contributed by atoms with Gasteiger partial charge >= 0.3 is 0 Å². The maximum absolute atomic E-state index is 12.6. The fraction of sp³-hybridized carbons (Fsp3) is 0. The van der Waals surface area contributed by atoms with Gasteiger partial charge in [-0.05, 0) is 40.2 Å². The van der Waals surface area contributed by atoms with E-state index in [1.165, 1.54) is 12.1 Å². The normalized spacial score (nSPS) is 9.90. The van der Waals surface area contributed by atoms with Crippen LogP contribution in [-0.2, 0) is 0 Å². The highest BCUT2D eigenvalue weighted by atomic mass is 79.9. The van der Waals surface area contributed by atoms with Crippen LogP contribution in [0.15, 0.2) is 28.7 Å². The Labute approximate surface area is 137 Å². The lowest BCUT2D eigenvalue weighted by Gasteiger charge is -1.98. The molecule has 0 aromatic heterocycles. The molecule has 0 unspecified atom stereocenters. The first kappa shape index (κ1) is 17.3. The second-order valence-electron chi connectivity index (χ2n) is 3.60. The predicted octanol–water partition coefficient (Wildman–Crippen LogP) is 5.54. The number of hydrogen-bond donors (Lipinski definition) is 2. The molecule has 2 aromatic carbocycles. The quantitative estimate of drug-likeness (QED) is 0.448. The van der Waals surface area contributed by atoms with Gasteiger partial charge in [-0.1, -0.05) is 34.8 Å². The van der Waals surface area contributed by atoms with Crippen LogP contribution in [0.2, 0.25) is 15.1 Å². The molecule has 2 nitrogen and oxygen atoms in total. The molecule has 0 aliphatic rings. The summed E-state index contributed by atoms with van der Waals surface area (Å²) in [6, 6.07) is 5.24. The largest absolute Gasteiger partial charge is 0.399 e. The van der Waals surface area contributed by atoms with E-state index in [2.05, 4.69) is 15.9 Å². The van der Waals surface area contributed by atoms with Crippen LogP contribution in [-0.4, -0.2) is 0 Å². The van der Waals surface area contributed by atoms with Crippen LogP contribution in [0.4, 0.5) is 20.2 Å². The van der Waals surface area contributed by atoms with E-state index in [0.29, 0.717) is 10.2 Å². The summed E-state index contributed by atoms with van der Waals surface area (Å²) in [7, 11) is 0. The van der Waals surface area contributed by atoms with Crippen molar-refractivity contribution in [3.8, 4) is 0 Å². The van der Waals surface area contributed by atoms with Crippen molar-refractivity contribution in [3.05, 3.63) is 55.4 Å². The summed E-state index contributed by atoms with van der Waals surface area (Å²) in [6.07, 6.45) is 0. The van der Waals surface area contributed by atoms with Gasteiger partial charge in [-0.3, -0.25) is 0 Å². The monoisotopic (exact) mass is 402 g/mol. The maximum Gasteiger partial charge on any atom is 0.145 e. The first-order valence-electron chi connectivity index (χ1n) is 5.02. The molecule has 0 saturated heterocycles. The van der Waals surface area contributed by atoms with Crippen molar-refractivity contribution in [3.63, 3.8) is 0 Å². The highest BCUT2D eigenvalue weighted by molar-refractivity contribution is 9.10. The van der Waals surface area contributed by atoms with Gasteiger partial charge in [0.2, 0.25) is 0 Å². The molecule has 0 bridgehead atoms. The van der Waals surface area contributed by atoms with Gasteiger partial charge in [0.25, 0.3) is 0 Å². The molecule has 20 heavy (non-hydrogen) atoms. The Morgan fingerprint density at radius 3 is 1.70 bits per heavy atom. The summed E-state index contributed by atoms with van der Waals surface area (Å²) in [6.45, 7) is 0. The molecule has 0 aliphatic heterocycles. The lowest BCUT2D eigenvalue weighted by molar-refractivity contribution is 0.628. The zero-order chi connectivity index (χ0) is 15.4. The summed E-state index contributed by atoms with van der Waals surface area (Å²) < 4.78 is 25.6. The van der Waals surface area contributed by atoms with Gasteiger partial charge < -0.3 is 11.5 Å². The van der Waals surface area contributed by atoms with E-state index in [1.807, 2.05) is 0 Å². The summed E-state index contributed by atoms with van der Waals surface area (Å²) in [5, 5.41) is 0.115. The zero-order valence-corrected chi connectivity index (χ0v) is 13.6. The number of halogens is 6. The van der Waals surface area contributed by atoms with Gasteiger partial charge in [-0.2, -0.15) is 0 Å². The van der Waals surface area contributed by atoms with E-state index >= 15 is 0 Å². The Morgan fingerprint density at radius 2 is 1.25 bits per heavy atom. The van der Waals surface area contributed by atoms with Crippen LogP contribution in [0.1, 0.15) is 0 Å². The predicted molar refractivity (Wildman–Crippen MR) is 84.4 cm³/mol. The standard InChI is InChI=1S/C6H4BrClFN.C6H4Cl2FN/c2*7-4-1-3(10)2-5(9)6(4)8/h2*1-2H,10H2. The molecule has 0 amide bonds. The second-order valence-corrected chi connectivity index (χ2v) is 5.61. The van der Waals surface area contributed by atoms with Crippen molar-refractivity contribution in [2.75, 3.05) is 11.5 Å². The molecule has 0 aliphatic carbocycles. The third-order valence-corrected chi connectivity index (χ3v) is 4.03. The third kappa shape index (κ3) is 4.66. The minimum Gasteiger partial charge on any atom is -0.399 e. The molecule has 108 valence electrons. The fourth-order valence-electron chi connectivity index (χ4n) is 1.15. The molecule has 0 atom stereocenters. The number of rotatable bonds is 0. The lowest BCUT2D eigenvalue weighted by atomic mass is 10.3. The van der Waals surface area contributed by atoms with Crippen LogP contribution in [0.3, 0.4) is 0 Å². The second kappa shape index (κ2) is 7.31. The topological polar surface area (TPSA) is 52.0 Å². The molecule has 4 N–H and O–H groups in total. The van der Waals surface area contributed by atoms with Crippen LogP contribution in [0.25, 0.3) is 0 Å². The Morgan fingerprint density at radius 1 is 0.800 bits per heavy atom. The van der Waals surface area contributed by atoms with Gasteiger partial charge in [-0.15, -0.1) is 0 Å². The average molecular weight is 404 g/mol. The number of nitrogens with two attached hydrogens (primary N) is 2. The number of nitrogen functional groups attached to an aromatic ring is 2. The minimum absolute atomic E-state index is 0.0641. The van der Waals surface area contributed by atoms with Crippen LogP contribution < -0.4 is 11.5 Å². The molecule has 0 spiro atoms. The Kier molecular flexibility index (Phi) is 6.33. The summed E-state index contributed by atoms with van der Waals surface area (Å²) in [5.74, 6) is -1.10. The van der Waals surface area contributed by atoms with E-state index in [4.69, 9.17) is 46.3 Å². The van der Waals surface area contributed by atoms with Gasteiger partial charge in [-0.25, -0.2) is 8.78 Å². The Hall–Kier alpha value is -0.750.